The van der Waals surface area contributed by atoms with Gasteiger partial charge < -0.3 is 10.8 Å². The summed E-state index contributed by atoms with van der Waals surface area (Å²) < 4.78 is 0. The van der Waals surface area contributed by atoms with Gasteiger partial charge in [0.1, 0.15) is 5.01 Å². The van der Waals surface area contributed by atoms with Gasteiger partial charge in [-0.3, -0.25) is 9.78 Å². The van der Waals surface area contributed by atoms with E-state index < -0.39 is 12.0 Å². The Bertz CT molecular complexity index is 512. The van der Waals surface area contributed by atoms with E-state index in [2.05, 4.69) is 9.97 Å². The van der Waals surface area contributed by atoms with Crippen LogP contribution in [-0.4, -0.2) is 21.0 Å². The number of hydrogen-bond acceptors (Lipinski definition) is 5. The third-order valence-electron chi connectivity index (χ3n) is 2.22. The van der Waals surface area contributed by atoms with Crippen LogP contribution in [0.4, 0.5) is 0 Å². The largest absolute Gasteiger partial charge is 0.481 e. The van der Waals surface area contributed by atoms with E-state index in [1.807, 2.05) is 12.1 Å². The molecular formula is C11H11N3O2S. The lowest BCUT2D eigenvalue weighted by Crippen LogP contribution is -2.15. The maximum absolute atomic E-state index is 10.5. The summed E-state index contributed by atoms with van der Waals surface area (Å²) in [6.45, 7) is 0. The van der Waals surface area contributed by atoms with Crippen molar-refractivity contribution in [3.05, 3.63) is 35.6 Å². The van der Waals surface area contributed by atoms with E-state index in [-0.39, 0.29) is 6.42 Å². The van der Waals surface area contributed by atoms with E-state index in [0.717, 1.165) is 10.6 Å². The average molecular weight is 249 g/mol. The molecule has 0 saturated heterocycles. The van der Waals surface area contributed by atoms with Crippen molar-refractivity contribution >= 4 is 17.3 Å². The summed E-state index contributed by atoms with van der Waals surface area (Å²) in [4.78, 5) is 18.8. The number of hydrogen-bond donors (Lipinski definition) is 2. The monoisotopic (exact) mass is 249 g/mol. The summed E-state index contributed by atoms with van der Waals surface area (Å²) in [7, 11) is 0. The number of pyridine rings is 1. The number of carbonyl (C=O) groups is 1. The summed E-state index contributed by atoms with van der Waals surface area (Å²) in [5.74, 6) is -0.920. The number of nitrogens with two attached hydrogens (primary N) is 1. The van der Waals surface area contributed by atoms with Gasteiger partial charge in [-0.05, 0) is 12.1 Å². The predicted molar refractivity (Wildman–Crippen MR) is 64.5 cm³/mol. The molecule has 0 spiro atoms. The number of carboxylic acid groups (broad SMARTS) is 1. The van der Waals surface area contributed by atoms with Gasteiger partial charge in [0.25, 0.3) is 0 Å². The highest BCUT2D eigenvalue weighted by atomic mass is 32.1. The van der Waals surface area contributed by atoms with Crippen LogP contribution in [0.1, 0.15) is 18.2 Å². The van der Waals surface area contributed by atoms with Gasteiger partial charge in [-0.2, -0.15) is 0 Å². The Morgan fingerprint density at radius 1 is 1.47 bits per heavy atom. The predicted octanol–water partition coefficient (Wildman–Crippen LogP) is 1.68. The van der Waals surface area contributed by atoms with Crippen molar-refractivity contribution in [1.82, 2.24) is 9.97 Å². The molecule has 17 heavy (non-hydrogen) atoms. The highest BCUT2D eigenvalue weighted by Crippen LogP contribution is 2.25. The number of carboxylic acids is 1. The van der Waals surface area contributed by atoms with Crippen molar-refractivity contribution < 1.29 is 9.90 Å². The molecular weight excluding hydrogens is 238 g/mol. The zero-order chi connectivity index (χ0) is 12.3. The van der Waals surface area contributed by atoms with Crippen LogP contribution in [-0.2, 0) is 4.79 Å². The minimum atomic E-state index is -0.920. The molecule has 5 nitrogen and oxygen atoms in total. The van der Waals surface area contributed by atoms with Crippen LogP contribution in [0, 0.1) is 0 Å². The second kappa shape index (κ2) is 5.03. The first-order valence-corrected chi connectivity index (χ1v) is 5.88. The van der Waals surface area contributed by atoms with Gasteiger partial charge in [-0.15, -0.1) is 11.3 Å². The molecule has 2 rings (SSSR count). The lowest BCUT2D eigenvalue weighted by molar-refractivity contribution is -0.137. The van der Waals surface area contributed by atoms with Gasteiger partial charge >= 0.3 is 5.97 Å². The van der Waals surface area contributed by atoms with Gasteiger partial charge in [0.15, 0.2) is 0 Å². The van der Waals surface area contributed by atoms with E-state index in [9.17, 15) is 4.79 Å². The fourth-order valence-electron chi connectivity index (χ4n) is 1.38. The molecule has 0 aromatic carbocycles. The van der Waals surface area contributed by atoms with Gasteiger partial charge in [0.05, 0.1) is 18.2 Å². The number of thiazole rings is 1. The Morgan fingerprint density at radius 2 is 2.18 bits per heavy atom. The normalized spacial score (nSPS) is 12.3. The van der Waals surface area contributed by atoms with Crippen molar-refractivity contribution in [2.75, 3.05) is 0 Å². The zero-order valence-corrected chi connectivity index (χ0v) is 9.72. The second-order valence-corrected chi connectivity index (χ2v) is 4.38. The summed E-state index contributed by atoms with van der Waals surface area (Å²) in [6.07, 6.45) is 3.26. The molecule has 3 N–H and O–H groups in total. The van der Waals surface area contributed by atoms with Crippen molar-refractivity contribution in [3.8, 4) is 10.6 Å². The molecule has 0 radical (unpaired) electrons. The first-order chi connectivity index (χ1) is 8.16. The Kier molecular flexibility index (Phi) is 3.46. The molecule has 0 aliphatic carbocycles. The van der Waals surface area contributed by atoms with Crippen LogP contribution < -0.4 is 5.73 Å². The molecule has 0 amide bonds. The van der Waals surface area contributed by atoms with Crippen LogP contribution in [0.15, 0.2) is 29.9 Å². The number of aliphatic carboxylic acids is 1. The molecule has 0 fully saturated rings. The van der Waals surface area contributed by atoms with E-state index in [4.69, 9.17) is 10.8 Å². The number of aromatic nitrogens is 2. The maximum Gasteiger partial charge on any atom is 0.305 e. The fourth-order valence-corrected chi connectivity index (χ4v) is 2.27. The molecule has 6 heteroatoms. The molecule has 2 aromatic rings. The van der Waals surface area contributed by atoms with Crippen LogP contribution in [0.5, 0.6) is 0 Å². The van der Waals surface area contributed by atoms with Crippen LogP contribution in [0.25, 0.3) is 10.6 Å². The summed E-state index contributed by atoms with van der Waals surface area (Å²) in [5.41, 5.74) is 7.31. The smallest absolute Gasteiger partial charge is 0.305 e. The van der Waals surface area contributed by atoms with Crippen molar-refractivity contribution in [3.63, 3.8) is 0 Å². The summed E-state index contributed by atoms with van der Waals surface area (Å²) in [6, 6.07) is 3.15. The van der Waals surface area contributed by atoms with E-state index in [1.165, 1.54) is 11.3 Å². The van der Waals surface area contributed by atoms with E-state index in [1.54, 1.807) is 17.8 Å². The van der Waals surface area contributed by atoms with Gasteiger partial charge in [0.2, 0.25) is 0 Å². The summed E-state index contributed by atoms with van der Waals surface area (Å²) >= 11 is 1.45. The molecule has 0 aliphatic rings. The number of nitrogens with zero attached hydrogens (tertiary/aromatic N) is 2. The third kappa shape index (κ3) is 2.86. The molecule has 1 atom stereocenters. The Balaban J connectivity index is 2.19. The summed E-state index contributed by atoms with van der Waals surface area (Å²) in [5, 5.41) is 11.3. The molecule has 0 saturated carbocycles. The lowest BCUT2D eigenvalue weighted by Gasteiger charge is -2.03. The Labute approximate surface area is 102 Å². The lowest BCUT2D eigenvalue weighted by atomic mass is 10.2. The van der Waals surface area contributed by atoms with Crippen molar-refractivity contribution in [1.29, 1.82) is 0 Å². The van der Waals surface area contributed by atoms with Crippen molar-refractivity contribution in [2.24, 2.45) is 5.73 Å². The minimum Gasteiger partial charge on any atom is -0.481 e. The minimum absolute atomic E-state index is 0.112. The molecule has 2 aromatic heterocycles. The SMILES string of the molecule is NC(CC(=O)O)c1csc(-c2ccncc2)n1. The molecule has 0 aliphatic heterocycles. The highest BCUT2D eigenvalue weighted by molar-refractivity contribution is 7.13. The van der Waals surface area contributed by atoms with E-state index >= 15 is 0 Å². The van der Waals surface area contributed by atoms with Gasteiger partial charge in [-0.1, -0.05) is 0 Å². The maximum atomic E-state index is 10.5. The average Bonchev–Trinajstić information content (AvgIpc) is 2.78. The van der Waals surface area contributed by atoms with E-state index in [0.29, 0.717) is 5.69 Å². The van der Waals surface area contributed by atoms with Gasteiger partial charge in [-0.25, -0.2) is 4.98 Å². The zero-order valence-electron chi connectivity index (χ0n) is 8.91. The molecule has 2 heterocycles. The molecule has 1 unspecified atom stereocenters. The van der Waals surface area contributed by atoms with Crippen LogP contribution in [0.2, 0.25) is 0 Å². The third-order valence-corrected chi connectivity index (χ3v) is 3.13. The van der Waals surface area contributed by atoms with Crippen LogP contribution >= 0.6 is 11.3 Å². The fraction of sp³-hybridized carbons (Fsp3) is 0.182. The molecule has 88 valence electrons. The molecule has 0 bridgehead atoms. The second-order valence-electron chi connectivity index (χ2n) is 3.52. The highest BCUT2D eigenvalue weighted by Gasteiger charge is 2.14. The topological polar surface area (TPSA) is 89.1 Å². The first-order valence-electron chi connectivity index (χ1n) is 5.00. The van der Waals surface area contributed by atoms with Gasteiger partial charge in [0, 0.05) is 23.3 Å². The number of rotatable bonds is 4. The first kappa shape index (κ1) is 11.7. The Hall–Kier alpha value is -1.79. The quantitative estimate of drug-likeness (QED) is 0.860. The standard InChI is InChI=1S/C11H11N3O2S/c12-8(5-10(15)16)9-6-17-11(14-9)7-1-3-13-4-2-7/h1-4,6,8H,5,12H2,(H,15,16). The van der Waals surface area contributed by atoms with Crippen LogP contribution in [0.3, 0.4) is 0 Å². The van der Waals surface area contributed by atoms with Crippen molar-refractivity contribution in [2.45, 2.75) is 12.5 Å². The Morgan fingerprint density at radius 3 is 2.82 bits per heavy atom.